The van der Waals surface area contributed by atoms with Crippen LogP contribution in [-0.4, -0.2) is 90.5 Å². The van der Waals surface area contributed by atoms with Crippen molar-refractivity contribution in [1.82, 2.24) is 30.1 Å². The Morgan fingerprint density at radius 2 is 1.97 bits per heavy atom. The first-order valence-corrected chi connectivity index (χ1v) is 12.4. The van der Waals surface area contributed by atoms with Gasteiger partial charge in [0.15, 0.2) is 5.82 Å². The van der Waals surface area contributed by atoms with Crippen molar-refractivity contribution >= 4 is 29.3 Å². The van der Waals surface area contributed by atoms with E-state index in [2.05, 4.69) is 42.7 Å². The van der Waals surface area contributed by atoms with E-state index in [0.29, 0.717) is 29.8 Å². The summed E-state index contributed by atoms with van der Waals surface area (Å²) in [6.45, 7) is 2.39. The van der Waals surface area contributed by atoms with Gasteiger partial charge in [-0.3, -0.25) is 9.59 Å². The highest BCUT2D eigenvalue weighted by atomic mass is 16.5. The van der Waals surface area contributed by atoms with E-state index in [9.17, 15) is 9.59 Å². The number of hydrogen-bond acceptors (Lipinski definition) is 9. The fourth-order valence-electron chi connectivity index (χ4n) is 3.60. The van der Waals surface area contributed by atoms with Gasteiger partial charge in [0.2, 0.25) is 23.6 Å². The molecule has 0 unspecified atom stereocenters. The van der Waals surface area contributed by atoms with Crippen molar-refractivity contribution in [1.29, 1.82) is 0 Å². The second kappa shape index (κ2) is 13.4. The number of carbonyl (C=O) groups excluding carboxylic acids is 2. The lowest BCUT2D eigenvalue weighted by Gasteiger charge is -2.34. The van der Waals surface area contributed by atoms with E-state index in [1.54, 1.807) is 52.7 Å². The molecular formula is C27H36N8O3. The molecule has 0 spiro atoms. The number of pyridine rings is 1. The van der Waals surface area contributed by atoms with E-state index in [0.717, 1.165) is 18.5 Å². The lowest BCUT2D eigenvalue weighted by molar-refractivity contribution is -0.135. The van der Waals surface area contributed by atoms with E-state index >= 15 is 0 Å². The summed E-state index contributed by atoms with van der Waals surface area (Å²) in [6, 6.07) is 3.06. The van der Waals surface area contributed by atoms with Crippen LogP contribution in [0.1, 0.15) is 25.3 Å². The van der Waals surface area contributed by atoms with Gasteiger partial charge in [-0.25, -0.2) is 9.97 Å². The molecule has 202 valence electrons. The van der Waals surface area contributed by atoms with Crippen LogP contribution in [0.5, 0.6) is 5.88 Å². The molecule has 1 aliphatic rings. The van der Waals surface area contributed by atoms with E-state index < -0.39 is 6.04 Å². The predicted octanol–water partition coefficient (Wildman–Crippen LogP) is 1.88. The minimum atomic E-state index is -0.569. The third kappa shape index (κ3) is 7.91. The molecule has 2 amide bonds. The first-order valence-electron chi connectivity index (χ1n) is 12.4. The van der Waals surface area contributed by atoms with Crippen LogP contribution in [0.3, 0.4) is 0 Å². The van der Waals surface area contributed by atoms with E-state index in [1.807, 2.05) is 25.1 Å². The van der Waals surface area contributed by atoms with E-state index in [4.69, 9.17) is 4.74 Å². The second-order valence-electron chi connectivity index (χ2n) is 9.35. The van der Waals surface area contributed by atoms with Gasteiger partial charge in [-0.1, -0.05) is 17.9 Å². The Hall–Kier alpha value is -4.17. The Bertz CT molecular complexity index is 1200. The lowest BCUT2D eigenvalue weighted by Crippen LogP contribution is -2.51. The highest BCUT2D eigenvalue weighted by Gasteiger charge is 2.31. The number of likely N-dealkylation sites (N-methyl/N-ethyl adjacent to an activating group) is 2. The van der Waals surface area contributed by atoms with Crippen LogP contribution >= 0.6 is 0 Å². The standard InChI is InChI=1S/C27H36N8O3/c1-18(35(5)24(36)8-7-13-34(3)4)26(37)32-22-14-19(15-22)9-10-20-16-30-27(28-2)33-25(20)31-21-11-12-23(38-6)29-17-21/h7-8,11-12,16-19,22H,13-15H2,1-6H3,(H,32,37)(H2,28,30,31,33)/b8-7+/t18-,19?,22?/m0/s1. The number of nitrogens with one attached hydrogen (secondary N) is 3. The number of rotatable bonds is 10. The molecule has 11 nitrogen and oxygen atoms in total. The van der Waals surface area contributed by atoms with Gasteiger partial charge >= 0.3 is 0 Å². The Labute approximate surface area is 224 Å². The zero-order chi connectivity index (χ0) is 27.7. The van der Waals surface area contributed by atoms with Gasteiger partial charge in [0.1, 0.15) is 6.04 Å². The quantitative estimate of drug-likeness (QED) is 0.318. The number of amides is 2. The van der Waals surface area contributed by atoms with Crippen molar-refractivity contribution in [2.24, 2.45) is 5.92 Å². The normalized spacial score (nSPS) is 17.1. The molecule has 0 aliphatic heterocycles. The Kier molecular flexibility index (Phi) is 10.0. The molecule has 11 heteroatoms. The Balaban J connectivity index is 1.55. The third-order valence-electron chi connectivity index (χ3n) is 6.16. The van der Waals surface area contributed by atoms with Gasteiger partial charge in [0.25, 0.3) is 0 Å². The minimum Gasteiger partial charge on any atom is -0.481 e. The monoisotopic (exact) mass is 520 g/mol. The maximum atomic E-state index is 12.7. The summed E-state index contributed by atoms with van der Waals surface area (Å²) in [7, 11) is 8.80. The number of aromatic nitrogens is 3. The first-order chi connectivity index (χ1) is 18.2. The SMILES string of the molecule is CNc1ncc(C#CC2CC(NC(=O)[C@H](C)N(C)C(=O)/C=C/CN(C)C)C2)c(Nc2ccc(OC)nc2)n1. The zero-order valence-electron chi connectivity index (χ0n) is 22.8. The molecule has 0 bridgehead atoms. The molecule has 2 aromatic heterocycles. The van der Waals surface area contributed by atoms with Crippen LogP contribution in [-0.2, 0) is 9.59 Å². The van der Waals surface area contributed by atoms with E-state index in [1.165, 1.54) is 11.0 Å². The van der Waals surface area contributed by atoms with Crippen LogP contribution < -0.4 is 20.7 Å². The fourth-order valence-corrected chi connectivity index (χ4v) is 3.60. The number of nitrogens with zero attached hydrogens (tertiary/aromatic N) is 5. The van der Waals surface area contributed by atoms with Gasteiger partial charge in [-0.05, 0) is 39.9 Å². The molecule has 38 heavy (non-hydrogen) atoms. The number of methoxy groups -OCH3 is 1. The van der Waals surface area contributed by atoms with Crippen molar-refractivity contribution in [3.63, 3.8) is 0 Å². The first kappa shape index (κ1) is 28.4. The molecule has 3 rings (SSSR count). The molecular weight excluding hydrogens is 484 g/mol. The van der Waals surface area contributed by atoms with Gasteiger partial charge in [-0.15, -0.1) is 0 Å². The number of ether oxygens (including phenoxy) is 1. The van der Waals surface area contributed by atoms with Crippen molar-refractivity contribution < 1.29 is 14.3 Å². The van der Waals surface area contributed by atoms with Crippen LogP contribution in [0.4, 0.5) is 17.5 Å². The summed E-state index contributed by atoms with van der Waals surface area (Å²) in [4.78, 5) is 41.4. The zero-order valence-corrected chi connectivity index (χ0v) is 22.8. The summed E-state index contributed by atoms with van der Waals surface area (Å²) < 4.78 is 5.11. The molecule has 0 saturated heterocycles. The van der Waals surface area contributed by atoms with Gasteiger partial charge in [-0.2, -0.15) is 4.98 Å². The molecule has 1 saturated carbocycles. The lowest BCUT2D eigenvalue weighted by atomic mass is 9.80. The van der Waals surface area contributed by atoms with Crippen LogP contribution in [0.25, 0.3) is 0 Å². The summed E-state index contributed by atoms with van der Waals surface area (Å²) in [6.07, 6.45) is 8.09. The minimum absolute atomic E-state index is 0.0305. The number of carbonyl (C=O) groups is 2. The summed E-state index contributed by atoms with van der Waals surface area (Å²) in [5.41, 5.74) is 1.40. The molecule has 1 atom stereocenters. The number of anilines is 3. The van der Waals surface area contributed by atoms with Crippen LogP contribution in [0.15, 0.2) is 36.7 Å². The van der Waals surface area contributed by atoms with Gasteiger partial charge in [0.05, 0.1) is 30.8 Å². The Morgan fingerprint density at radius 1 is 1.21 bits per heavy atom. The average molecular weight is 521 g/mol. The summed E-state index contributed by atoms with van der Waals surface area (Å²) in [5, 5.41) is 9.19. The summed E-state index contributed by atoms with van der Waals surface area (Å²) >= 11 is 0. The maximum Gasteiger partial charge on any atom is 0.246 e. The second-order valence-corrected chi connectivity index (χ2v) is 9.35. The maximum absolute atomic E-state index is 12.7. The Morgan fingerprint density at radius 3 is 2.61 bits per heavy atom. The molecule has 2 aromatic rings. The summed E-state index contributed by atoms with van der Waals surface area (Å²) in [5.74, 6) is 7.77. The molecule has 3 N–H and O–H groups in total. The van der Waals surface area contributed by atoms with Gasteiger partial charge < -0.3 is 30.5 Å². The molecule has 1 fully saturated rings. The van der Waals surface area contributed by atoms with Crippen molar-refractivity contribution in [2.45, 2.75) is 31.8 Å². The highest BCUT2D eigenvalue weighted by molar-refractivity contribution is 5.92. The van der Waals surface area contributed by atoms with Crippen molar-refractivity contribution in [3.8, 4) is 17.7 Å². The highest BCUT2D eigenvalue weighted by Crippen LogP contribution is 2.27. The topological polar surface area (TPSA) is 125 Å². The van der Waals surface area contributed by atoms with Crippen molar-refractivity contribution in [3.05, 3.63) is 42.2 Å². The molecule has 0 aromatic carbocycles. The van der Waals surface area contributed by atoms with Crippen LogP contribution in [0.2, 0.25) is 0 Å². The fraction of sp³-hybridized carbons (Fsp3) is 0.444. The van der Waals surface area contributed by atoms with E-state index in [-0.39, 0.29) is 23.8 Å². The average Bonchev–Trinajstić information content (AvgIpc) is 2.89. The smallest absolute Gasteiger partial charge is 0.246 e. The van der Waals surface area contributed by atoms with Crippen molar-refractivity contribution in [2.75, 3.05) is 52.5 Å². The largest absolute Gasteiger partial charge is 0.481 e. The molecule has 0 radical (unpaired) electrons. The predicted molar refractivity (Wildman–Crippen MR) is 147 cm³/mol. The molecule has 1 aliphatic carbocycles. The molecule has 2 heterocycles. The third-order valence-corrected chi connectivity index (χ3v) is 6.16. The van der Waals surface area contributed by atoms with Gasteiger partial charge in [0, 0.05) is 44.7 Å². The van der Waals surface area contributed by atoms with Crippen LogP contribution in [0, 0.1) is 17.8 Å². The number of hydrogen-bond donors (Lipinski definition) is 3.